The van der Waals surface area contributed by atoms with Crippen LogP contribution in [0.25, 0.3) is 22.9 Å². The minimum absolute atomic E-state index is 0.0344. The Morgan fingerprint density at radius 3 is 2.00 bits per heavy atom. The van der Waals surface area contributed by atoms with Crippen LogP contribution in [-0.2, 0) is 21.2 Å². The molecule has 0 atom stereocenters. The summed E-state index contributed by atoms with van der Waals surface area (Å²) < 4.78 is 35.5. The molecule has 0 spiro atoms. The van der Waals surface area contributed by atoms with E-state index in [-0.39, 0.29) is 11.5 Å². The zero-order valence-corrected chi connectivity index (χ0v) is 19.0. The summed E-state index contributed by atoms with van der Waals surface area (Å²) in [7, 11) is -3.33. The molecular formula is C25H22N2O5S. The highest BCUT2D eigenvalue weighted by Gasteiger charge is 2.19. The van der Waals surface area contributed by atoms with Crippen molar-refractivity contribution >= 4 is 15.8 Å². The molecule has 0 radical (unpaired) electrons. The maximum Gasteiger partial charge on any atom is 0.338 e. The molecule has 1 heterocycles. The molecule has 7 nitrogen and oxygen atoms in total. The number of nitrogens with zero attached hydrogens (tertiary/aromatic N) is 2. The van der Waals surface area contributed by atoms with Crippen molar-refractivity contribution in [2.45, 2.75) is 30.6 Å². The van der Waals surface area contributed by atoms with Crippen LogP contribution in [0.15, 0.2) is 88.2 Å². The number of benzene rings is 3. The van der Waals surface area contributed by atoms with Crippen LogP contribution in [0.2, 0.25) is 0 Å². The van der Waals surface area contributed by atoms with Crippen LogP contribution >= 0.6 is 0 Å². The summed E-state index contributed by atoms with van der Waals surface area (Å²) in [6, 6.07) is 22.5. The molecule has 0 aliphatic carbocycles. The molecule has 0 saturated heterocycles. The SMILES string of the molecule is CC(C)S(=O)(=O)c1ccc(COC(=O)c2ccc(-c3nnc(-c4ccccc4)o3)cc2)cc1. The Hall–Kier alpha value is -3.78. The lowest BCUT2D eigenvalue weighted by Crippen LogP contribution is -2.14. The number of hydrogen-bond donors (Lipinski definition) is 0. The van der Waals surface area contributed by atoms with E-state index in [1.807, 2.05) is 30.3 Å². The molecule has 33 heavy (non-hydrogen) atoms. The van der Waals surface area contributed by atoms with Crippen LogP contribution in [0, 0.1) is 0 Å². The second kappa shape index (κ2) is 9.38. The molecule has 0 unspecified atom stereocenters. The normalized spacial score (nSPS) is 11.5. The Morgan fingerprint density at radius 2 is 1.42 bits per heavy atom. The summed E-state index contributed by atoms with van der Waals surface area (Å²) in [4.78, 5) is 12.7. The van der Waals surface area contributed by atoms with Gasteiger partial charge < -0.3 is 9.15 Å². The van der Waals surface area contributed by atoms with E-state index in [4.69, 9.17) is 9.15 Å². The summed E-state index contributed by atoms with van der Waals surface area (Å²) in [6.45, 7) is 3.31. The molecular weight excluding hydrogens is 440 g/mol. The largest absolute Gasteiger partial charge is 0.457 e. The maximum absolute atomic E-state index is 12.4. The van der Waals surface area contributed by atoms with E-state index in [2.05, 4.69) is 10.2 Å². The van der Waals surface area contributed by atoms with Gasteiger partial charge in [-0.15, -0.1) is 10.2 Å². The Balaban J connectivity index is 1.39. The second-order valence-electron chi connectivity index (χ2n) is 7.67. The van der Waals surface area contributed by atoms with Gasteiger partial charge in [0.2, 0.25) is 11.8 Å². The first kappa shape index (κ1) is 22.4. The Morgan fingerprint density at radius 1 is 0.848 bits per heavy atom. The third-order valence-corrected chi connectivity index (χ3v) is 7.23. The lowest BCUT2D eigenvalue weighted by Gasteiger charge is -2.09. The minimum atomic E-state index is -3.33. The molecule has 0 saturated carbocycles. The third-order valence-electron chi connectivity index (χ3n) is 5.06. The molecule has 0 aliphatic rings. The maximum atomic E-state index is 12.4. The Labute approximate surface area is 192 Å². The standard InChI is InChI=1S/C25H22N2O5S/c1-17(2)33(29,30)22-14-8-18(9-15-22)16-31-25(28)21-12-10-20(11-13-21)24-27-26-23(32-24)19-6-4-3-5-7-19/h3-15,17H,16H2,1-2H3. The van der Waals surface area contributed by atoms with Crippen molar-refractivity contribution < 1.29 is 22.4 Å². The predicted molar refractivity (Wildman–Crippen MR) is 123 cm³/mol. The highest BCUT2D eigenvalue weighted by atomic mass is 32.2. The van der Waals surface area contributed by atoms with E-state index in [1.54, 1.807) is 50.2 Å². The molecule has 0 bridgehead atoms. The molecule has 3 aromatic carbocycles. The molecule has 0 N–H and O–H groups in total. The quantitative estimate of drug-likeness (QED) is 0.359. The van der Waals surface area contributed by atoms with Gasteiger partial charge in [0, 0.05) is 11.1 Å². The molecule has 168 valence electrons. The van der Waals surface area contributed by atoms with Crippen LogP contribution in [0.1, 0.15) is 29.8 Å². The van der Waals surface area contributed by atoms with Gasteiger partial charge in [0.05, 0.1) is 15.7 Å². The first-order chi connectivity index (χ1) is 15.8. The van der Waals surface area contributed by atoms with Gasteiger partial charge in [0.1, 0.15) is 6.61 Å². The lowest BCUT2D eigenvalue weighted by molar-refractivity contribution is 0.0472. The molecule has 0 amide bonds. The summed E-state index contributed by atoms with van der Waals surface area (Å²) >= 11 is 0. The fourth-order valence-electron chi connectivity index (χ4n) is 3.07. The van der Waals surface area contributed by atoms with Crippen molar-refractivity contribution in [2.24, 2.45) is 0 Å². The number of carbonyl (C=O) groups is 1. The highest BCUT2D eigenvalue weighted by Crippen LogP contribution is 2.24. The van der Waals surface area contributed by atoms with Gasteiger partial charge in [-0.3, -0.25) is 0 Å². The summed E-state index contributed by atoms with van der Waals surface area (Å²) in [5.41, 5.74) is 2.58. The number of ether oxygens (including phenoxy) is 1. The van der Waals surface area contributed by atoms with Gasteiger partial charge in [-0.25, -0.2) is 13.2 Å². The van der Waals surface area contributed by atoms with E-state index in [0.717, 1.165) is 5.56 Å². The van der Waals surface area contributed by atoms with Crippen LogP contribution in [0.3, 0.4) is 0 Å². The second-order valence-corrected chi connectivity index (χ2v) is 10.2. The number of esters is 1. The van der Waals surface area contributed by atoms with Crippen LogP contribution in [0.4, 0.5) is 0 Å². The van der Waals surface area contributed by atoms with Crippen LogP contribution in [0.5, 0.6) is 0 Å². The fraction of sp³-hybridized carbons (Fsp3) is 0.160. The van der Waals surface area contributed by atoms with E-state index in [0.29, 0.717) is 28.5 Å². The van der Waals surface area contributed by atoms with Gasteiger partial charge in [0.25, 0.3) is 0 Å². The van der Waals surface area contributed by atoms with E-state index < -0.39 is 21.1 Å². The number of aromatic nitrogens is 2. The van der Waals surface area contributed by atoms with Gasteiger partial charge in [-0.2, -0.15) is 0 Å². The lowest BCUT2D eigenvalue weighted by atomic mass is 10.1. The summed E-state index contributed by atoms with van der Waals surface area (Å²) in [6.07, 6.45) is 0. The smallest absolute Gasteiger partial charge is 0.338 e. The Kier molecular flexibility index (Phi) is 6.37. The van der Waals surface area contributed by atoms with Crippen molar-refractivity contribution in [1.29, 1.82) is 0 Å². The number of carbonyl (C=O) groups excluding carboxylic acids is 1. The summed E-state index contributed by atoms with van der Waals surface area (Å²) in [5.74, 6) is 0.280. The first-order valence-corrected chi connectivity index (χ1v) is 11.9. The van der Waals surface area contributed by atoms with Crippen LogP contribution in [-0.4, -0.2) is 29.8 Å². The summed E-state index contributed by atoms with van der Waals surface area (Å²) in [5, 5.41) is 7.64. The van der Waals surface area contributed by atoms with Crippen molar-refractivity contribution in [3.63, 3.8) is 0 Å². The van der Waals surface area contributed by atoms with Crippen molar-refractivity contribution in [3.8, 4) is 22.9 Å². The van der Waals surface area contributed by atoms with Gasteiger partial charge in [-0.1, -0.05) is 30.3 Å². The van der Waals surface area contributed by atoms with Gasteiger partial charge in [-0.05, 0) is 67.9 Å². The molecule has 0 aliphatic heterocycles. The Bertz CT molecular complexity index is 1340. The molecule has 0 fully saturated rings. The minimum Gasteiger partial charge on any atom is -0.457 e. The first-order valence-electron chi connectivity index (χ1n) is 10.3. The number of sulfone groups is 1. The van der Waals surface area contributed by atoms with E-state index in [9.17, 15) is 13.2 Å². The van der Waals surface area contributed by atoms with Crippen molar-refractivity contribution in [2.75, 3.05) is 0 Å². The zero-order chi connectivity index (χ0) is 23.4. The van der Waals surface area contributed by atoms with E-state index >= 15 is 0 Å². The average Bonchev–Trinajstić information content (AvgIpc) is 3.34. The fourth-order valence-corrected chi connectivity index (χ4v) is 4.13. The molecule has 8 heteroatoms. The molecule has 4 aromatic rings. The highest BCUT2D eigenvalue weighted by molar-refractivity contribution is 7.92. The van der Waals surface area contributed by atoms with Gasteiger partial charge in [0.15, 0.2) is 9.84 Å². The molecule has 4 rings (SSSR count). The number of rotatable bonds is 7. The van der Waals surface area contributed by atoms with Crippen LogP contribution < -0.4 is 0 Å². The number of hydrogen-bond acceptors (Lipinski definition) is 7. The topological polar surface area (TPSA) is 99.4 Å². The zero-order valence-electron chi connectivity index (χ0n) is 18.1. The predicted octanol–water partition coefficient (Wildman–Crippen LogP) is 4.94. The average molecular weight is 463 g/mol. The molecule has 1 aromatic heterocycles. The monoisotopic (exact) mass is 462 g/mol. The van der Waals surface area contributed by atoms with Gasteiger partial charge >= 0.3 is 5.97 Å². The van der Waals surface area contributed by atoms with Crippen molar-refractivity contribution in [3.05, 3.63) is 90.0 Å². The van der Waals surface area contributed by atoms with Crippen molar-refractivity contribution in [1.82, 2.24) is 10.2 Å². The van der Waals surface area contributed by atoms with E-state index in [1.165, 1.54) is 12.1 Å². The third kappa shape index (κ3) is 5.01.